The third-order valence-electron chi connectivity index (χ3n) is 4.74. The monoisotopic (exact) mass is 273 g/mol. The van der Waals surface area contributed by atoms with Crippen molar-refractivity contribution in [2.45, 2.75) is 18.8 Å². The first-order chi connectivity index (χ1) is 9.81. The second-order valence-electron chi connectivity index (χ2n) is 6.33. The maximum atomic E-state index is 3.42. The van der Waals surface area contributed by atoms with Crippen LogP contribution in [0.5, 0.6) is 0 Å². The van der Waals surface area contributed by atoms with Crippen LogP contribution in [0.4, 0.5) is 0 Å². The molecule has 1 aromatic rings. The van der Waals surface area contributed by atoms with Gasteiger partial charge < -0.3 is 15.1 Å². The Kier molecular flexibility index (Phi) is 4.71. The van der Waals surface area contributed by atoms with E-state index in [0.717, 1.165) is 19.0 Å². The summed E-state index contributed by atoms with van der Waals surface area (Å²) in [5, 5.41) is 3.42. The molecule has 0 radical (unpaired) electrons. The number of nitrogens with one attached hydrogen (secondary N) is 1. The van der Waals surface area contributed by atoms with Crippen molar-refractivity contribution in [1.29, 1.82) is 0 Å². The lowest BCUT2D eigenvalue weighted by molar-refractivity contribution is 0.244. The fourth-order valence-electron chi connectivity index (χ4n) is 3.43. The molecule has 20 heavy (non-hydrogen) atoms. The summed E-state index contributed by atoms with van der Waals surface area (Å²) >= 11 is 0. The summed E-state index contributed by atoms with van der Waals surface area (Å²) in [7, 11) is 2.23. The highest BCUT2D eigenvalue weighted by molar-refractivity contribution is 5.27. The van der Waals surface area contributed by atoms with Gasteiger partial charge in [0.05, 0.1) is 0 Å². The minimum absolute atomic E-state index is 0.749. The predicted molar refractivity (Wildman–Crippen MR) is 84.3 cm³/mol. The van der Waals surface area contributed by atoms with Crippen LogP contribution >= 0.6 is 0 Å². The maximum Gasteiger partial charge on any atom is 0.0108 e. The number of nitrogens with zero attached hydrogens (tertiary/aromatic N) is 2. The first kappa shape index (κ1) is 14.1. The molecule has 3 nitrogen and oxygen atoms in total. The quantitative estimate of drug-likeness (QED) is 0.898. The zero-order valence-corrected chi connectivity index (χ0v) is 12.6. The molecule has 0 aromatic heterocycles. The summed E-state index contributed by atoms with van der Waals surface area (Å²) in [5.74, 6) is 0.749. The Bertz CT molecular complexity index is 426. The van der Waals surface area contributed by atoms with E-state index in [1.54, 1.807) is 5.56 Å². The van der Waals surface area contributed by atoms with Gasteiger partial charge in [-0.25, -0.2) is 0 Å². The Hall–Kier alpha value is -0.900. The van der Waals surface area contributed by atoms with Crippen molar-refractivity contribution in [3.05, 3.63) is 35.4 Å². The number of likely N-dealkylation sites (tertiary alicyclic amines) is 1. The lowest BCUT2D eigenvalue weighted by Gasteiger charge is -2.27. The lowest BCUT2D eigenvalue weighted by atomic mass is 9.96. The van der Waals surface area contributed by atoms with Crippen molar-refractivity contribution >= 4 is 0 Å². The summed E-state index contributed by atoms with van der Waals surface area (Å²) in [5.41, 5.74) is 3.06. The molecule has 3 rings (SSSR count). The molecule has 2 aliphatic rings. The molecule has 1 aromatic carbocycles. The zero-order valence-electron chi connectivity index (χ0n) is 12.6. The van der Waals surface area contributed by atoms with Gasteiger partial charge in [-0.05, 0) is 43.5 Å². The third-order valence-corrected chi connectivity index (χ3v) is 4.74. The number of hydrogen-bond acceptors (Lipinski definition) is 3. The average Bonchev–Trinajstić information content (AvgIpc) is 2.93. The predicted octanol–water partition coefficient (Wildman–Crippen LogP) is 1.55. The number of hydrogen-bond donors (Lipinski definition) is 1. The van der Waals surface area contributed by atoms with E-state index in [0.29, 0.717) is 0 Å². The fourth-order valence-corrected chi connectivity index (χ4v) is 3.43. The molecule has 1 unspecified atom stereocenters. The summed E-state index contributed by atoms with van der Waals surface area (Å²) in [4.78, 5) is 5.02. The van der Waals surface area contributed by atoms with Gasteiger partial charge in [-0.15, -0.1) is 0 Å². The molecule has 0 aliphatic carbocycles. The molecule has 3 heteroatoms. The van der Waals surface area contributed by atoms with Crippen molar-refractivity contribution < 1.29 is 0 Å². The van der Waals surface area contributed by atoms with Crippen LogP contribution in [-0.2, 0) is 6.42 Å². The molecule has 1 N–H and O–H groups in total. The summed E-state index contributed by atoms with van der Waals surface area (Å²) in [6.45, 7) is 8.37. The van der Waals surface area contributed by atoms with E-state index in [1.165, 1.54) is 51.1 Å². The van der Waals surface area contributed by atoms with Crippen LogP contribution in [0.2, 0.25) is 0 Å². The van der Waals surface area contributed by atoms with Gasteiger partial charge in [0, 0.05) is 39.3 Å². The lowest BCUT2D eigenvalue weighted by Crippen LogP contribution is -2.44. The highest BCUT2D eigenvalue weighted by atomic mass is 15.2. The van der Waals surface area contributed by atoms with Gasteiger partial charge in [0.1, 0.15) is 0 Å². The minimum Gasteiger partial charge on any atom is -0.314 e. The van der Waals surface area contributed by atoms with Crippen LogP contribution in [0.25, 0.3) is 0 Å². The SMILES string of the molecule is CN1CCC(c2cccc(CCN3CCNCC3)c2)C1. The molecule has 0 amide bonds. The largest absolute Gasteiger partial charge is 0.314 e. The van der Waals surface area contributed by atoms with Gasteiger partial charge in [-0.1, -0.05) is 24.3 Å². The Morgan fingerprint density at radius 2 is 2.05 bits per heavy atom. The average molecular weight is 273 g/mol. The second-order valence-corrected chi connectivity index (χ2v) is 6.33. The van der Waals surface area contributed by atoms with Crippen LogP contribution in [-0.4, -0.2) is 62.7 Å². The number of likely N-dealkylation sites (N-methyl/N-ethyl adjacent to an activating group) is 1. The van der Waals surface area contributed by atoms with E-state index in [9.17, 15) is 0 Å². The van der Waals surface area contributed by atoms with E-state index >= 15 is 0 Å². The molecular formula is C17H27N3. The topological polar surface area (TPSA) is 18.5 Å². The maximum absolute atomic E-state index is 3.42. The highest BCUT2D eigenvalue weighted by Crippen LogP contribution is 2.26. The van der Waals surface area contributed by atoms with Gasteiger partial charge in [-0.3, -0.25) is 0 Å². The summed E-state index contributed by atoms with van der Waals surface area (Å²) < 4.78 is 0. The normalized spacial score (nSPS) is 25.1. The standard InChI is InChI=1S/C17H27N3/c1-19-9-6-17(14-19)16-4-2-3-15(13-16)5-10-20-11-7-18-8-12-20/h2-4,13,17-18H,5-12,14H2,1H3. The Morgan fingerprint density at radius 3 is 2.80 bits per heavy atom. The van der Waals surface area contributed by atoms with Crippen LogP contribution in [0.15, 0.2) is 24.3 Å². The van der Waals surface area contributed by atoms with Crippen molar-refractivity contribution in [3.8, 4) is 0 Å². The van der Waals surface area contributed by atoms with Crippen LogP contribution in [0.1, 0.15) is 23.5 Å². The molecule has 2 saturated heterocycles. The van der Waals surface area contributed by atoms with Crippen LogP contribution < -0.4 is 5.32 Å². The summed E-state index contributed by atoms with van der Waals surface area (Å²) in [6, 6.07) is 9.31. The van der Waals surface area contributed by atoms with Gasteiger partial charge >= 0.3 is 0 Å². The van der Waals surface area contributed by atoms with E-state index in [1.807, 2.05) is 0 Å². The molecule has 2 heterocycles. The van der Waals surface area contributed by atoms with Gasteiger partial charge in [0.25, 0.3) is 0 Å². The van der Waals surface area contributed by atoms with Gasteiger partial charge in [-0.2, -0.15) is 0 Å². The first-order valence-electron chi connectivity index (χ1n) is 8.02. The second kappa shape index (κ2) is 6.70. The smallest absolute Gasteiger partial charge is 0.0108 e. The molecular weight excluding hydrogens is 246 g/mol. The molecule has 2 fully saturated rings. The van der Waals surface area contributed by atoms with Gasteiger partial charge in [0.15, 0.2) is 0 Å². The van der Waals surface area contributed by atoms with Crippen LogP contribution in [0, 0.1) is 0 Å². The molecule has 0 spiro atoms. The van der Waals surface area contributed by atoms with Crippen molar-refractivity contribution in [3.63, 3.8) is 0 Å². The molecule has 0 bridgehead atoms. The first-order valence-corrected chi connectivity index (χ1v) is 8.02. The molecule has 110 valence electrons. The van der Waals surface area contributed by atoms with E-state index in [4.69, 9.17) is 0 Å². The van der Waals surface area contributed by atoms with Crippen molar-refractivity contribution in [1.82, 2.24) is 15.1 Å². The number of benzene rings is 1. The van der Waals surface area contributed by atoms with Crippen molar-refractivity contribution in [2.75, 3.05) is 52.9 Å². The number of piperazine rings is 1. The summed E-state index contributed by atoms with van der Waals surface area (Å²) in [6.07, 6.45) is 2.51. The Morgan fingerprint density at radius 1 is 1.20 bits per heavy atom. The fraction of sp³-hybridized carbons (Fsp3) is 0.647. The highest BCUT2D eigenvalue weighted by Gasteiger charge is 2.21. The minimum atomic E-state index is 0.749. The zero-order chi connectivity index (χ0) is 13.8. The Balaban J connectivity index is 1.56. The Labute approximate surface area is 123 Å². The van der Waals surface area contributed by atoms with E-state index < -0.39 is 0 Å². The number of rotatable bonds is 4. The van der Waals surface area contributed by atoms with E-state index in [2.05, 4.69) is 46.4 Å². The van der Waals surface area contributed by atoms with Crippen molar-refractivity contribution in [2.24, 2.45) is 0 Å². The van der Waals surface area contributed by atoms with E-state index in [-0.39, 0.29) is 0 Å². The van der Waals surface area contributed by atoms with Gasteiger partial charge in [0.2, 0.25) is 0 Å². The molecule has 1 atom stereocenters. The molecule has 0 saturated carbocycles. The third kappa shape index (κ3) is 3.60. The molecule has 2 aliphatic heterocycles. The van der Waals surface area contributed by atoms with Crippen LogP contribution in [0.3, 0.4) is 0 Å².